The zero-order valence-electron chi connectivity index (χ0n) is 18.1. The standard InChI is InChI=1S/C22H16N8O6/c31-15-5-7-19(29(33)34)13(9-15)11-23-25-21-17-3-1-2-4-18(17)22(28-27-21)26-24-12-14-10-16(32)6-8-20(14)30(35)36/h1-12,31-32H,(H,25,27)(H,26,28). The topological polar surface area (TPSA) is 201 Å². The smallest absolute Gasteiger partial charge is 0.278 e. The molecule has 4 N–H and O–H groups in total. The number of nitro benzene ring substituents is 2. The predicted molar refractivity (Wildman–Crippen MR) is 131 cm³/mol. The van der Waals surface area contributed by atoms with E-state index in [1.54, 1.807) is 24.3 Å². The fraction of sp³-hybridized carbons (Fsp3) is 0. The van der Waals surface area contributed by atoms with E-state index in [1.807, 2.05) is 0 Å². The summed E-state index contributed by atoms with van der Waals surface area (Å²) in [6, 6.07) is 14.1. The molecule has 36 heavy (non-hydrogen) atoms. The van der Waals surface area contributed by atoms with E-state index in [4.69, 9.17) is 0 Å². The average Bonchev–Trinajstić information content (AvgIpc) is 2.85. The lowest BCUT2D eigenvalue weighted by atomic mass is 10.2. The molecule has 0 fully saturated rings. The number of fused-ring (bicyclic) bond motifs is 1. The number of hydrazone groups is 2. The number of nitrogens with zero attached hydrogens (tertiary/aromatic N) is 6. The molecule has 180 valence electrons. The summed E-state index contributed by atoms with van der Waals surface area (Å²) in [6.45, 7) is 0. The maximum atomic E-state index is 11.2. The van der Waals surface area contributed by atoms with Gasteiger partial charge in [0.05, 0.1) is 33.4 Å². The summed E-state index contributed by atoms with van der Waals surface area (Å²) in [6.07, 6.45) is 2.35. The average molecular weight is 488 g/mol. The highest BCUT2D eigenvalue weighted by molar-refractivity contribution is 5.99. The largest absolute Gasteiger partial charge is 0.508 e. The van der Waals surface area contributed by atoms with Crippen LogP contribution in [0.4, 0.5) is 23.0 Å². The molecule has 0 spiro atoms. The van der Waals surface area contributed by atoms with Crippen LogP contribution in [0.2, 0.25) is 0 Å². The molecule has 4 rings (SSSR count). The van der Waals surface area contributed by atoms with Gasteiger partial charge in [-0.2, -0.15) is 10.2 Å². The third kappa shape index (κ3) is 5.12. The molecule has 0 aliphatic heterocycles. The van der Waals surface area contributed by atoms with E-state index in [9.17, 15) is 30.4 Å². The zero-order valence-corrected chi connectivity index (χ0v) is 18.1. The van der Waals surface area contributed by atoms with E-state index in [-0.39, 0.29) is 45.6 Å². The Morgan fingerprint density at radius 1 is 0.722 bits per heavy atom. The second kappa shape index (κ2) is 10.1. The van der Waals surface area contributed by atoms with Gasteiger partial charge in [0, 0.05) is 22.9 Å². The second-order valence-corrected chi connectivity index (χ2v) is 7.18. The van der Waals surface area contributed by atoms with Crippen LogP contribution in [-0.4, -0.2) is 42.7 Å². The summed E-state index contributed by atoms with van der Waals surface area (Å²) in [7, 11) is 0. The van der Waals surface area contributed by atoms with Gasteiger partial charge in [-0.25, -0.2) is 0 Å². The molecule has 0 bridgehead atoms. The number of aromatic nitrogens is 2. The number of nitrogens with one attached hydrogen (secondary N) is 2. The summed E-state index contributed by atoms with van der Waals surface area (Å²) in [5.41, 5.74) is 5.05. The van der Waals surface area contributed by atoms with Crippen LogP contribution in [0.3, 0.4) is 0 Å². The van der Waals surface area contributed by atoms with Crippen molar-refractivity contribution in [2.45, 2.75) is 0 Å². The Morgan fingerprint density at radius 3 is 1.53 bits per heavy atom. The van der Waals surface area contributed by atoms with Gasteiger partial charge in [-0.05, 0) is 24.3 Å². The van der Waals surface area contributed by atoms with Crippen molar-refractivity contribution in [2.24, 2.45) is 10.2 Å². The minimum atomic E-state index is -0.595. The highest BCUT2D eigenvalue weighted by Crippen LogP contribution is 2.27. The number of nitro groups is 2. The predicted octanol–water partition coefficient (Wildman–Crippen LogP) is 3.75. The van der Waals surface area contributed by atoms with Crippen molar-refractivity contribution in [3.8, 4) is 11.5 Å². The Morgan fingerprint density at radius 2 is 1.14 bits per heavy atom. The highest BCUT2D eigenvalue weighted by atomic mass is 16.6. The molecule has 14 heteroatoms. The van der Waals surface area contributed by atoms with Crippen LogP contribution in [-0.2, 0) is 0 Å². The molecule has 1 heterocycles. The first-order chi connectivity index (χ1) is 17.3. The molecule has 0 saturated heterocycles. The molecule has 1 aromatic heterocycles. The molecule has 0 unspecified atom stereocenters. The first-order valence-corrected chi connectivity index (χ1v) is 10.1. The van der Waals surface area contributed by atoms with Gasteiger partial charge >= 0.3 is 0 Å². The van der Waals surface area contributed by atoms with Gasteiger partial charge in [-0.1, -0.05) is 24.3 Å². The minimum Gasteiger partial charge on any atom is -0.508 e. The van der Waals surface area contributed by atoms with E-state index < -0.39 is 9.85 Å². The van der Waals surface area contributed by atoms with E-state index in [0.29, 0.717) is 10.8 Å². The van der Waals surface area contributed by atoms with Crippen LogP contribution in [0.5, 0.6) is 11.5 Å². The Hall–Kier alpha value is -5.66. The number of hydrogen-bond acceptors (Lipinski definition) is 12. The quantitative estimate of drug-likeness (QED) is 0.161. The monoisotopic (exact) mass is 488 g/mol. The van der Waals surface area contributed by atoms with E-state index >= 15 is 0 Å². The lowest BCUT2D eigenvalue weighted by Gasteiger charge is -2.08. The van der Waals surface area contributed by atoms with Crippen molar-refractivity contribution in [2.75, 3.05) is 10.9 Å². The number of rotatable bonds is 8. The normalized spacial score (nSPS) is 11.2. The lowest BCUT2D eigenvalue weighted by molar-refractivity contribution is -0.385. The zero-order chi connectivity index (χ0) is 25.7. The molecule has 0 atom stereocenters. The number of anilines is 2. The molecule has 4 aromatic rings. The SMILES string of the molecule is O=[N+]([O-])c1ccc(O)cc1C=NNc1nnc(NN=Cc2cc(O)ccc2[N+](=O)[O-])c2ccccc12. The first kappa shape index (κ1) is 23.5. The van der Waals surface area contributed by atoms with Crippen LogP contribution < -0.4 is 10.9 Å². The van der Waals surface area contributed by atoms with Crippen molar-refractivity contribution in [1.29, 1.82) is 0 Å². The van der Waals surface area contributed by atoms with Crippen molar-refractivity contribution in [3.05, 3.63) is 92.0 Å². The molecular formula is C22H16N8O6. The van der Waals surface area contributed by atoms with Crippen molar-refractivity contribution in [1.82, 2.24) is 10.2 Å². The van der Waals surface area contributed by atoms with Crippen LogP contribution in [0.1, 0.15) is 11.1 Å². The number of benzene rings is 3. The van der Waals surface area contributed by atoms with E-state index in [0.717, 1.165) is 12.1 Å². The highest BCUT2D eigenvalue weighted by Gasteiger charge is 2.14. The van der Waals surface area contributed by atoms with Crippen molar-refractivity contribution < 1.29 is 20.1 Å². The molecule has 0 aliphatic carbocycles. The number of hydrogen-bond donors (Lipinski definition) is 4. The summed E-state index contributed by atoms with van der Waals surface area (Å²) >= 11 is 0. The Bertz CT molecular complexity index is 1420. The summed E-state index contributed by atoms with van der Waals surface area (Å²) < 4.78 is 0. The van der Waals surface area contributed by atoms with Crippen LogP contribution in [0.25, 0.3) is 10.8 Å². The Labute approximate surface area is 201 Å². The lowest BCUT2D eigenvalue weighted by Crippen LogP contribution is -2.02. The van der Waals surface area contributed by atoms with Gasteiger partial charge in [0.25, 0.3) is 11.4 Å². The van der Waals surface area contributed by atoms with E-state index in [1.165, 1.54) is 36.7 Å². The number of phenols is 2. The molecule has 3 aromatic carbocycles. The summed E-state index contributed by atoms with van der Waals surface area (Å²) in [5.74, 6) is 0.171. The van der Waals surface area contributed by atoms with Crippen molar-refractivity contribution >= 4 is 46.2 Å². The second-order valence-electron chi connectivity index (χ2n) is 7.18. The fourth-order valence-electron chi connectivity index (χ4n) is 3.22. The van der Waals surface area contributed by atoms with Crippen molar-refractivity contribution in [3.63, 3.8) is 0 Å². The van der Waals surface area contributed by atoms with Gasteiger partial charge in [0.1, 0.15) is 11.5 Å². The van der Waals surface area contributed by atoms with Gasteiger partial charge < -0.3 is 10.2 Å². The Kier molecular flexibility index (Phi) is 6.58. The number of aromatic hydroxyl groups is 2. The molecule has 0 amide bonds. The van der Waals surface area contributed by atoms with Gasteiger partial charge in [-0.15, -0.1) is 10.2 Å². The van der Waals surface area contributed by atoms with Gasteiger partial charge in [-0.3, -0.25) is 31.1 Å². The van der Waals surface area contributed by atoms with Crippen LogP contribution in [0, 0.1) is 20.2 Å². The molecule has 0 radical (unpaired) electrons. The Balaban J connectivity index is 1.58. The third-order valence-electron chi connectivity index (χ3n) is 4.85. The maximum absolute atomic E-state index is 11.2. The van der Waals surface area contributed by atoms with E-state index in [2.05, 4.69) is 31.3 Å². The van der Waals surface area contributed by atoms with Gasteiger partial charge in [0.15, 0.2) is 11.6 Å². The molecule has 14 nitrogen and oxygen atoms in total. The first-order valence-electron chi connectivity index (χ1n) is 10.1. The summed E-state index contributed by atoms with van der Waals surface area (Å²) in [5, 5.41) is 58.8. The molecule has 0 saturated carbocycles. The van der Waals surface area contributed by atoms with Crippen LogP contribution in [0.15, 0.2) is 70.9 Å². The maximum Gasteiger partial charge on any atom is 0.278 e. The number of phenolic OH excluding ortho intramolecular Hbond substituents is 2. The summed E-state index contributed by atoms with van der Waals surface area (Å²) in [4.78, 5) is 21.2. The molecule has 0 aliphatic rings. The third-order valence-corrected chi connectivity index (χ3v) is 4.85. The fourth-order valence-corrected chi connectivity index (χ4v) is 3.22. The minimum absolute atomic E-state index is 0.0819. The van der Waals surface area contributed by atoms with Crippen LogP contribution >= 0.6 is 0 Å². The van der Waals surface area contributed by atoms with Gasteiger partial charge in [0.2, 0.25) is 0 Å². The molecular weight excluding hydrogens is 472 g/mol.